The third-order valence-corrected chi connectivity index (χ3v) is 5.95. The standard InChI is InChI=1S/C28H26N4O7/c1-3-20-8-4-5-10-22(20)29-26(33)16-31-27(34)23(30-28(31)35)14-18-11-12-24(25(15-18)38-2)39-17-19-7-6-9-21(13-19)32(36)37/h4-15H,3,16-17H2,1-2H3,(H,29,33)(H,30,35)/b23-14+. The van der Waals surface area contributed by atoms with Gasteiger partial charge in [-0.05, 0) is 47.4 Å². The highest BCUT2D eigenvalue weighted by Crippen LogP contribution is 2.30. The van der Waals surface area contributed by atoms with Crippen molar-refractivity contribution in [1.29, 1.82) is 0 Å². The van der Waals surface area contributed by atoms with Crippen LogP contribution >= 0.6 is 0 Å². The molecule has 1 fully saturated rings. The number of amides is 4. The maximum Gasteiger partial charge on any atom is 0.329 e. The summed E-state index contributed by atoms with van der Waals surface area (Å²) in [5.74, 6) is -0.382. The highest BCUT2D eigenvalue weighted by molar-refractivity contribution is 6.16. The van der Waals surface area contributed by atoms with E-state index in [1.807, 2.05) is 19.1 Å². The van der Waals surface area contributed by atoms with Crippen molar-refractivity contribution in [2.45, 2.75) is 20.0 Å². The van der Waals surface area contributed by atoms with E-state index in [0.29, 0.717) is 34.7 Å². The van der Waals surface area contributed by atoms with E-state index in [2.05, 4.69) is 10.6 Å². The summed E-state index contributed by atoms with van der Waals surface area (Å²) in [7, 11) is 1.45. The molecule has 0 aliphatic carbocycles. The number of benzene rings is 3. The third-order valence-electron chi connectivity index (χ3n) is 5.95. The van der Waals surface area contributed by atoms with Crippen molar-refractivity contribution in [1.82, 2.24) is 10.2 Å². The van der Waals surface area contributed by atoms with Gasteiger partial charge in [-0.15, -0.1) is 0 Å². The van der Waals surface area contributed by atoms with Crippen molar-refractivity contribution >= 4 is 35.3 Å². The number of hydrogen-bond donors (Lipinski definition) is 2. The second-order valence-electron chi connectivity index (χ2n) is 8.56. The fraction of sp³-hybridized carbons (Fsp3) is 0.179. The van der Waals surface area contributed by atoms with Crippen LogP contribution in [0.2, 0.25) is 0 Å². The maximum atomic E-state index is 12.9. The summed E-state index contributed by atoms with van der Waals surface area (Å²) in [6.07, 6.45) is 2.19. The number of para-hydroxylation sites is 1. The number of ether oxygens (including phenoxy) is 2. The number of nitro groups is 1. The number of carbonyl (C=O) groups excluding carboxylic acids is 3. The van der Waals surface area contributed by atoms with Gasteiger partial charge in [-0.1, -0.05) is 43.3 Å². The Morgan fingerprint density at radius 3 is 2.62 bits per heavy atom. The molecule has 0 bridgehead atoms. The van der Waals surface area contributed by atoms with Crippen LogP contribution in [0, 0.1) is 10.1 Å². The van der Waals surface area contributed by atoms with E-state index in [9.17, 15) is 24.5 Å². The van der Waals surface area contributed by atoms with Gasteiger partial charge in [0.2, 0.25) is 5.91 Å². The highest BCUT2D eigenvalue weighted by atomic mass is 16.6. The molecule has 4 amide bonds. The van der Waals surface area contributed by atoms with Crippen LogP contribution < -0.4 is 20.1 Å². The first-order valence-corrected chi connectivity index (χ1v) is 12.1. The lowest BCUT2D eigenvalue weighted by atomic mass is 10.1. The number of hydrogen-bond acceptors (Lipinski definition) is 7. The van der Waals surface area contributed by atoms with Gasteiger partial charge in [0.25, 0.3) is 11.6 Å². The molecule has 0 saturated carbocycles. The van der Waals surface area contributed by atoms with Crippen molar-refractivity contribution in [3.05, 3.63) is 99.2 Å². The molecule has 0 unspecified atom stereocenters. The van der Waals surface area contributed by atoms with Gasteiger partial charge in [-0.25, -0.2) is 9.69 Å². The Kier molecular flexibility index (Phi) is 8.20. The molecule has 3 aromatic rings. The minimum atomic E-state index is -0.700. The normalized spacial score (nSPS) is 13.8. The van der Waals surface area contributed by atoms with Crippen LogP contribution in [-0.2, 0) is 22.6 Å². The summed E-state index contributed by atoms with van der Waals surface area (Å²) < 4.78 is 11.2. The van der Waals surface area contributed by atoms with Crippen LogP contribution in [0.3, 0.4) is 0 Å². The molecule has 200 valence electrons. The Morgan fingerprint density at radius 1 is 1.08 bits per heavy atom. The average molecular weight is 531 g/mol. The SMILES string of the molecule is CCc1ccccc1NC(=O)CN1C(=O)N/C(=C/c2ccc(OCc3cccc([N+](=O)[O-])c3)c(OC)c2)C1=O. The number of nitrogens with one attached hydrogen (secondary N) is 2. The lowest BCUT2D eigenvalue weighted by molar-refractivity contribution is -0.384. The average Bonchev–Trinajstić information content (AvgIpc) is 3.19. The molecular formula is C28H26N4O7. The molecule has 0 radical (unpaired) electrons. The monoisotopic (exact) mass is 530 g/mol. The first kappa shape index (κ1) is 26.9. The second-order valence-corrected chi connectivity index (χ2v) is 8.56. The zero-order chi connectivity index (χ0) is 27.9. The molecule has 1 aliphatic heterocycles. The molecule has 1 aliphatic rings. The van der Waals surface area contributed by atoms with Crippen molar-refractivity contribution in [2.75, 3.05) is 19.0 Å². The van der Waals surface area contributed by atoms with Gasteiger partial charge in [-0.2, -0.15) is 0 Å². The number of methoxy groups -OCH3 is 1. The smallest absolute Gasteiger partial charge is 0.329 e. The molecule has 0 aromatic heterocycles. The van der Waals surface area contributed by atoms with Crippen LogP contribution in [0.25, 0.3) is 6.08 Å². The Morgan fingerprint density at radius 2 is 1.87 bits per heavy atom. The Hall–Kier alpha value is -5.19. The molecule has 11 heteroatoms. The number of aryl methyl sites for hydroxylation is 1. The minimum Gasteiger partial charge on any atom is -0.493 e. The van der Waals surface area contributed by atoms with Crippen LogP contribution in [0.15, 0.2) is 72.4 Å². The van der Waals surface area contributed by atoms with E-state index in [4.69, 9.17) is 9.47 Å². The fourth-order valence-corrected chi connectivity index (χ4v) is 3.98. The van der Waals surface area contributed by atoms with Gasteiger partial charge < -0.3 is 20.1 Å². The van der Waals surface area contributed by atoms with E-state index in [1.165, 1.54) is 25.3 Å². The summed E-state index contributed by atoms with van der Waals surface area (Å²) in [6.45, 7) is 1.60. The minimum absolute atomic E-state index is 0.00840. The van der Waals surface area contributed by atoms with E-state index < -0.39 is 29.3 Å². The number of imide groups is 1. The van der Waals surface area contributed by atoms with Crippen LogP contribution in [0.4, 0.5) is 16.2 Å². The quantitative estimate of drug-likeness (QED) is 0.173. The van der Waals surface area contributed by atoms with Gasteiger partial charge in [0, 0.05) is 17.8 Å². The molecule has 3 aromatic carbocycles. The van der Waals surface area contributed by atoms with Crippen LogP contribution in [-0.4, -0.2) is 41.3 Å². The number of non-ortho nitro benzene ring substituents is 1. The van der Waals surface area contributed by atoms with Gasteiger partial charge in [0.05, 0.1) is 12.0 Å². The molecule has 1 heterocycles. The highest BCUT2D eigenvalue weighted by Gasteiger charge is 2.35. The van der Waals surface area contributed by atoms with E-state index in [-0.39, 0.29) is 18.0 Å². The molecule has 11 nitrogen and oxygen atoms in total. The summed E-state index contributed by atoms with van der Waals surface area (Å²) in [5.41, 5.74) is 2.70. The third kappa shape index (κ3) is 6.39. The number of anilines is 1. The molecule has 4 rings (SSSR count). The van der Waals surface area contributed by atoms with Gasteiger partial charge in [-0.3, -0.25) is 19.7 Å². The zero-order valence-corrected chi connectivity index (χ0v) is 21.3. The first-order valence-electron chi connectivity index (χ1n) is 12.1. The lowest BCUT2D eigenvalue weighted by Crippen LogP contribution is -2.38. The molecule has 0 atom stereocenters. The molecule has 1 saturated heterocycles. The summed E-state index contributed by atoms with van der Waals surface area (Å²) in [5, 5.41) is 16.2. The van der Waals surface area contributed by atoms with Gasteiger partial charge in [0.15, 0.2) is 11.5 Å². The number of urea groups is 1. The predicted octanol–water partition coefficient (Wildman–Crippen LogP) is 4.28. The number of carbonyl (C=O) groups is 3. The van der Waals surface area contributed by atoms with E-state index in [1.54, 1.807) is 42.5 Å². The Bertz CT molecular complexity index is 1470. The maximum absolute atomic E-state index is 12.9. The van der Waals surface area contributed by atoms with Crippen molar-refractivity contribution in [3.8, 4) is 11.5 Å². The van der Waals surface area contributed by atoms with Gasteiger partial charge >= 0.3 is 6.03 Å². The molecule has 2 N–H and O–H groups in total. The molecule has 39 heavy (non-hydrogen) atoms. The Labute approximate surface area is 224 Å². The van der Waals surface area contributed by atoms with E-state index in [0.717, 1.165) is 10.5 Å². The van der Waals surface area contributed by atoms with Crippen molar-refractivity contribution in [2.24, 2.45) is 0 Å². The number of rotatable bonds is 10. The van der Waals surface area contributed by atoms with Crippen LogP contribution in [0.5, 0.6) is 11.5 Å². The van der Waals surface area contributed by atoms with E-state index >= 15 is 0 Å². The lowest BCUT2D eigenvalue weighted by Gasteiger charge is -2.13. The Balaban J connectivity index is 1.43. The summed E-state index contributed by atoms with van der Waals surface area (Å²) >= 11 is 0. The number of nitrogens with zero attached hydrogens (tertiary/aromatic N) is 2. The summed E-state index contributed by atoms with van der Waals surface area (Å²) in [6, 6.07) is 17.6. The van der Waals surface area contributed by atoms with Crippen molar-refractivity contribution in [3.63, 3.8) is 0 Å². The van der Waals surface area contributed by atoms with Gasteiger partial charge in [0.1, 0.15) is 18.8 Å². The zero-order valence-electron chi connectivity index (χ0n) is 21.3. The molecular weight excluding hydrogens is 504 g/mol. The largest absolute Gasteiger partial charge is 0.493 e. The van der Waals surface area contributed by atoms with Crippen LogP contribution in [0.1, 0.15) is 23.6 Å². The molecule has 0 spiro atoms. The summed E-state index contributed by atoms with van der Waals surface area (Å²) in [4.78, 5) is 49.2. The first-order chi connectivity index (χ1) is 18.8. The second kappa shape index (κ2) is 11.9. The predicted molar refractivity (Wildman–Crippen MR) is 143 cm³/mol. The topological polar surface area (TPSA) is 140 Å². The fourth-order valence-electron chi connectivity index (χ4n) is 3.98. The van der Waals surface area contributed by atoms with Crippen molar-refractivity contribution < 1.29 is 28.8 Å². The number of nitro benzene ring substituents is 1.